The Bertz CT molecular complexity index is 520. The van der Waals surface area contributed by atoms with Crippen molar-refractivity contribution in [3.63, 3.8) is 0 Å². The lowest BCUT2D eigenvalue weighted by atomic mass is 9.72. The van der Waals surface area contributed by atoms with E-state index in [0.717, 1.165) is 0 Å². The smallest absolute Gasteiger partial charge is 0.120 e. The zero-order chi connectivity index (χ0) is 15.9. The first-order valence-electron chi connectivity index (χ1n) is 7.81. The number of carbonyl (C=O) groups excluding carboxylic acids is 1. The van der Waals surface area contributed by atoms with Crippen LogP contribution in [-0.4, -0.2) is 5.94 Å². The van der Waals surface area contributed by atoms with Crippen molar-refractivity contribution in [1.29, 1.82) is 0 Å². The van der Waals surface area contributed by atoms with E-state index in [4.69, 9.17) is 0 Å². The third-order valence-electron chi connectivity index (χ3n) is 4.16. The van der Waals surface area contributed by atoms with Crippen molar-refractivity contribution in [3.8, 4) is 0 Å². The number of hydrogen-bond acceptors (Lipinski definition) is 1. The third kappa shape index (κ3) is 5.73. The maximum Gasteiger partial charge on any atom is 0.120 e. The molecular formula is C20H28O. The second-order valence-electron chi connectivity index (χ2n) is 6.70. The summed E-state index contributed by atoms with van der Waals surface area (Å²) < 4.78 is 0. The van der Waals surface area contributed by atoms with Crippen LogP contribution in [0.15, 0.2) is 53.2 Å². The summed E-state index contributed by atoms with van der Waals surface area (Å²) in [5.74, 6) is 1.96. The van der Waals surface area contributed by atoms with Crippen molar-refractivity contribution < 1.29 is 4.79 Å². The van der Waals surface area contributed by atoms with Gasteiger partial charge in [-0.05, 0) is 44.1 Å². The fourth-order valence-corrected chi connectivity index (χ4v) is 2.83. The van der Waals surface area contributed by atoms with Crippen LogP contribution in [0.5, 0.6) is 0 Å². The topological polar surface area (TPSA) is 17.1 Å². The molecule has 1 heteroatoms. The summed E-state index contributed by atoms with van der Waals surface area (Å²) in [6.45, 7) is 11.0. The summed E-state index contributed by atoms with van der Waals surface area (Å²) in [5.41, 5.74) is 4.52. The molecule has 0 amide bonds. The highest BCUT2D eigenvalue weighted by Crippen LogP contribution is 2.40. The van der Waals surface area contributed by atoms with Gasteiger partial charge in [-0.3, -0.25) is 0 Å². The van der Waals surface area contributed by atoms with Gasteiger partial charge in [0, 0.05) is 12.0 Å². The minimum Gasteiger partial charge on any atom is -0.234 e. The number of allylic oxidation sites excluding steroid dienone is 9. The highest BCUT2D eigenvalue weighted by atomic mass is 16.1. The molecule has 1 aliphatic rings. The summed E-state index contributed by atoms with van der Waals surface area (Å²) >= 11 is 0. The predicted molar refractivity (Wildman–Crippen MR) is 91.8 cm³/mol. The van der Waals surface area contributed by atoms with Gasteiger partial charge in [-0.1, -0.05) is 62.3 Å². The zero-order valence-electron chi connectivity index (χ0n) is 14.1. The first-order valence-corrected chi connectivity index (χ1v) is 7.81. The fourth-order valence-electron chi connectivity index (χ4n) is 2.83. The molecule has 0 heterocycles. The van der Waals surface area contributed by atoms with Crippen LogP contribution in [0.2, 0.25) is 0 Å². The molecule has 0 fully saturated rings. The van der Waals surface area contributed by atoms with Crippen molar-refractivity contribution >= 4 is 5.94 Å². The van der Waals surface area contributed by atoms with Crippen molar-refractivity contribution in [2.75, 3.05) is 0 Å². The van der Waals surface area contributed by atoms with E-state index in [9.17, 15) is 4.79 Å². The Balaban J connectivity index is 2.77. The Kier molecular flexibility index (Phi) is 6.65. The maximum absolute atomic E-state index is 10.2. The molecule has 0 aromatic carbocycles. The van der Waals surface area contributed by atoms with E-state index >= 15 is 0 Å². The lowest BCUT2D eigenvalue weighted by Crippen LogP contribution is -2.19. The van der Waals surface area contributed by atoms with Crippen molar-refractivity contribution in [1.82, 2.24) is 0 Å². The molecule has 1 rings (SSSR count). The normalized spacial score (nSPS) is 20.9. The van der Waals surface area contributed by atoms with Crippen LogP contribution in [0.25, 0.3) is 0 Å². The SMILES string of the molecule is CC1=C(/C=C/C(C)=C/C=C/C(C)C=C=O)C(C)(C)CCC1. The molecule has 1 nitrogen and oxygen atoms in total. The summed E-state index contributed by atoms with van der Waals surface area (Å²) in [5, 5.41) is 0. The van der Waals surface area contributed by atoms with Crippen LogP contribution in [-0.2, 0) is 4.79 Å². The molecule has 1 unspecified atom stereocenters. The maximum atomic E-state index is 10.2. The van der Waals surface area contributed by atoms with Crippen LogP contribution in [0, 0.1) is 11.3 Å². The Labute approximate surface area is 129 Å². The molecule has 0 aromatic rings. The Morgan fingerprint density at radius 2 is 2.10 bits per heavy atom. The second kappa shape index (κ2) is 8.00. The molecule has 0 N–H and O–H groups in total. The van der Waals surface area contributed by atoms with E-state index in [2.05, 4.69) is 45.9 Å². The fraction of sp³-hybridized carbons (Fsp3) is 0.500. The summed E-state index contributed by atoms with van der Waals surface area (Å²) in [4.78, 5) is 10.2. The van der Waals surface area contributed by atoms with Gasteiger partial charge in [-0.15, -0.1) is 0 Å². The molecule has 0 aliphatic heterocycles. The van der Waals surface area contributed by atoms with Gasteiger partial charge in [0.2, 0.25) is 0 Å². The van der Waals surface area contributed by atoms with Gasteiger partial charge in [0.1, 0.15) is 5.94 Å². The van der Waals surface area contributed by atoms with Gasteiger partial charge in [0.15, 0.2) is 0 Å². The second-order valence-corrected chi connectivity index (χ2v) is 6.70. The van der Waals surface area contributed by atoms with E-state index < -0.39 is 0 Å². The Hall–Kier alpha value is -1.59. The predicted octanol–water partition coefficient (Wildman–Crippen LogP) is 5.60. The number of rotatable bonds is 5. The van der Waals surface area contributed by atoms with Crippen LogP contribution in [0.3, 0.4) is 0 Å². The molecule has 0 bridgehead atoms. The first kappa shape index (κ1) is 17.5. The highest BCUT2D eigenvalue weighted by Gasteiger charge is 2.26. The van der Waals surface area contributed by atoms with Gasteiger partial charge < -0.3 is 0 Å². The molecule has 0 saturated heterocycles. The molecule has 1 aliphatic carbocycles. The van der Waals surface area contributed by atoms with E-state index in [-0.39, 0.29) is 11.3 Å². The highest BCUT2D eigenvalue weighted by molar-refractivity contribution is 5.46. The van der Waals surface area contributed by atoms with E-state index in [1.165, 1.54) is 42.1 Å². The number of hydrogen-bond donors (Lipinski definition) is 0. The minimum atomic E-state index is 0.137. The average molecular weight is 284 g/mol. The zero-order valence-corrected chi connectivity index (χ0v) is 14.1. The van der Waals surface area contributed by atoms with Gasteiger partial charge in [-0.25, -0.2) is 4.79 Å². The largest absolute Gasteiger partial charge is 0.234 e. The standard InChI is InChI=1S/C20H28O/c1-16(8-6-9-17(2)13-15-21)11-12-19-18(3)10-7-14-20(19,4)5/h6,8-9,11-13,17H,7,10,14H2,1-5H3/b9-6+,12-11+,16-8+. The minimum absolute atomic E-state index is 0.137. The van der Waals surface area contributed by atoms with Gasteiger partial charge in [0.05, 0.1) is 0 Å². The van der Waals surface area contributed by atoms with Gasteiger partial charge in [0.25, 0.3) is 0 Å². The molecule has 0 saturated carbocycles. The Morgan fingerprint density at radius 3 is 2.71 bits per heavy atom. The van der Waals surface area contributed by atoms with Crippen molar-refractivity contribution in [2.24, 2.45) is 11.3 Å². The van der Waals surface area contributed by atoms with E-state index in [0.29, 0.717) is 0 Å². The molecule has 0 radical (unpaired) electrons. The Morgan fingerprint density at radius 1 is 1.38 bits per heavy atom. The van der Waals surface area contributed by atoms with Gasteiger partial charge in [-0.2, -0.15) is 0 Å². The van der Waals surface area contributed by atoms with Crippen molar-refractivity contribution in [3.05, 3.63) is 53.2 Å². The molecule has 21 heavy (non-hydrogen) atoms. The van der Waals surface area contributed by atoms with Crippen molar-refractivity contribution in [2.45, 2.75) is 53.9 Å². The summed E-state index contributed by atoms with van der Waals surface area (Å²) in [6, 6.07) is 0. The summed E-state index contributed by atoms with van der Waals surface area (Å²) in [7, 11) is 0. The summed E-state index contributed by atoms with van der Waals surface area (Å²) in [6.07, 6.45) is 15.9. The van der Waals surface area contributed by atoms with E-state index in [1.54, 1.807) is 0 Å². The lowest BCUT2D eigenvalue weighted by Gasteiger charge is -2.32. The van der Waals surface area contributed by atoms with Crippen LogP contribution in [0.4, 0.5) is 0 Å². The van der Waals surface area contributed by atoms with E-state index in [1.807, 2.05) is 25.0 Å². The lowest BCUT2D eigenvalue weighted by molar-refractivity contribution is 0.377. The quantitative estimate of drug-likeness (QED) is 0.474. The van der Waals surface area contributed by atoms with Crippen LogP contribution < -0.4 is 0 Å². The molecule has 1 atom stereocenters. The molecule has 114 valence electrons. The first-order chi connectivity index (χ1) is 9.86. The molecule has 0 spiro atoms. The molecular weight excluding hydrogens is 256 g/mol. The molecule has 0 aromatic heterocycles. The third-order valence-corrected chi connectivity index (χ3v) is 4.16. The average Bonchev–Trinajstić information content (AvgIpc) is 2.37. The van der Waals surface area contributed by atoms with Crippen LogP contribution in [0.1, 0.15) is 53.9 Å². The monoisotopic (exact) mass is 284 g/mol. The van der Waals surface area contributed by atoms with Crippen LogP contribution >= 0.6 is 0 Å². The van der Waals surface area contributed by atoms with Gasteiger partial charge >= 0.3 is 0 Å².